The van der Waals surface area contributed by atoms with E-state index in [9.17, 15) is 4.79 Å². The average molecular weight is 313 g/mol. The Bertz CT molecular complexity index is 344. The van der Waals surface area contributed by atoms with Crippen molar-refractivity contribution >= 4 is 17.7 Å². The number of carbonyl (C=O) groups excluding carboxylic acids is 1. The molecule has 0 aromatic rings. The van der Waals surface area contributed by atoms with Crippen LogP contribution in [0.3, 0.4) is 0 Å². The summed E-state index contributed by atoms with van der Waals surface area (Å²) < 4.78 is 0. The van der Waals surface area contributed by atoms with Crippen molar-refractivity contribution in [2.45, 2.75) is 78.0 Å². The molecule has 0 bridgehead atoms. The van der Waals surface area contributed by atoms with Crippen molar-refractivity contribution in [2.75, 3.05) is 11.5 Å². The summed E-state index contributed by atoms with van der Waals surface area (Å²) in [6.07, 6.45) is 6.57. The summed E-state index contributed by atoms with van der Waals surface area (Å²) in [5, 5.41) is 3.71. The van der Waals surface area contributed by atoms with E-state index in [1.165, 1.54) is 25.7 Å². The molecule has 21 heavy (non-hydrogen) atoms. The van der Waals surface area contributed by atoms with E-state index in [0.29, 0.717) is 23.8 Å². The molecule has 1 amide bonds. The van der Waals surface area contributed by atoms with E-state index < -0.39 is 0 Å². The van der Waals surface area contributed by atoms with E-state index in [4.69, 9.17) is 0 Å². The second kappa shape index (κ2) is 7.87. The number of nitrogens with zero attached hydrogens (tertiary/aromatic N) is 1. The van der Waals surface area contributed by atoms with E-state index >= 15 is 0 Å². The van der Waals surface area contributed by atoms with Gasteiger partial charge in [-0.3, -0.25) is 10.1 Å². The van der Waals surface area contributed by atoms with Crippen molar-refractivity contribution in [2.24, 2.45) is 11.8 Å². The smallest absolute Gasteiger partial charge is 0.241 e. The molecule has 1 saturated carbocycles. The van der Waals surface area contributed by atoms with Crippen molar-refractivity contribution in [1.29, 1.82) is 0 Å². The van der Waals surface area contributed by atoms with Crippen LogP contribution >= 0.6 is 11.8 Å². The van der Waals surface area contributed by atoms with Crippen molar-refractivity contribution in [3.8, 4) is 0 Å². The Balaban J connectivity index is 2.12. The lowest BCUT2D eigenvalue weighted by atomic mass is 9.99. The fourth-order valence-electron chi connectivity index (χ4n) is 3.77. The summed E-state index contributed by atoms with van der Waals surface area (Å²) in [6.45, 7) is 8.81. The lowest BCUT2D eigenvalue weighted by Crippen LogP contribution is -2.48. The van der Waals surface area contributed by atoms with Gasteiger partial charge in [-0.1, -0.05) is 40.0 Å². The monoisotopic (exact) mass is 312 g/mol. The molecule has 1 aliphatic heterocycles. The molecular formula is C17H32N2OS. The zero-order valence-electron chi connectivity index (χ0n) is 14.1. The molecule has 2 fully saturated rings. The molecule has 4 heteroatoms. The van der Waals surface area contributed by atoms with E-state index in [1.807, 2.05) is 11.8 Å². The number of carbonyl (C=O) groups is 1. The van der Waals surface area contributed by atoms with Gasteiger partial charge < -0.3 is 4.90 Å². The fraction of sp³-hybridized carbons (Fsp3) is 0.941. The first kappa shape index (κ1) is 17.1. The molecule has 1 heterocycles. The van der Waals surface area contributed by atoms with Crippen LogP contribution in [0.5, 0.6) is 0 Å². The van der Waals surface area contributed by atoms with Gasteiger partial charge in [-0.2, -0.15) is 11.8 Å². The SMILES string of the molecule is CCSCC(C)N1C(=O)C(C(C)CC)NC1C1CCCC1. The van der Waals surface area contributed by atoms with Crippen LogP contribution in [0.1, 0.15) is 59.8 Å². The first-order chi connectivity index (χ1) is 10.1. The van der Waals surface area contributed by atoms with Gasteiger partial charge in [-0.25, -0.2) is 0 Å². The van der Waals surface area contributed by atoms with Crippen LogP contribution in [0.15, 0.2) is 0 Å². The second-order valence-corrected chi connectivity index (χ2v) is 8.09. The highest BCUT2D eigenvalue weighted by molar-refractivity contribution is 7.99. The molecule has 1 saturated heterocycles. The van der Waals surface area contributed by atoms with Gasteiger partial charge in [0.2, 0.25) is 5.91 Å². The molecule has 2 rings (SSSR count). The highest BCUT2D eigenvalue weighted by Crippen LogP contribution is 2.34. The van der Waals surface area contributed by atoms with Crippen molar-refractivity contribution in [1.82, 2.24) is 10.2 Å². The minimum Gasteiger partial charge on any atom is -0.322 e. The van der Waals surface area contributed by atoms with Crippen LogP contribution in [-0.4, -0.2) is 40.6 Å². The van der Waals surface area contributed by atoms with Gasteiger partial charge in [-0.05, 0) is 37.4 Å². The minimum absolute atomic E-state index is 0.0367. The molecule has 0 spiro atoms. The quantitative estimate of drug-likeness (QED) is 0.781. The fourth-order valence-corrected chi connectivity index (χ4v) is 4.51. The summed E-state index contributed by atoms with van der Waals surface area (Å²) in [6, 6.07) is 0.379. The highest BCUT2D eigenvalue weighted by atomic mass is 32.2. The Morgan fingerprint density at radius 3 is 2.52 bits per heavy atom. The van der Waals surface area contributed by atoms with Crippen LogP contribution in [0.2, 0.25) is 0 Å². The van der Waals surface area contributed by atoms with Crippen LogP contribution in [0.4, 0.5) is 0 Å². The van der Waals surface area contributed by atoms with Gasteiger partial charge in [0, 0.05) is 11.8 Å². The number of thioether (sulfide) groups is 1. The molecule has 4 unspecified atom stereocenters. The van der Waals surface area contributed by atoms with Crippen molar-refractivity contribution < 1.29 is 4.79 Å². The molecule has 2 aliphatic rings. The van der Waals surface area contributed by atoms with Gasteiger partial charge in [0.05, 0.1) is 12.2 Å². The third-order valence-corrected chi connectivity index (χ3v) is 6.39. The largest absolute Gasteiger partial charge is 0.322 e. The molecule has 0 radical (unpaired) electrons. The van der Waals surface area contributed by atoms with Gasteiger partial charge in [-0.15, -0.1) is 0 Å². The lowest BCUT2D eigenvalue weighted by molar-refractivity contribution is -0.133. The molecule has 3 nitrogen and oxygen atoms in total. The second-order valence-electron chi connectivity index (χ2n) is 6.77. The van der Waals surface area contributed by atoms with Gasteiger partial charge in [0.1, 0.15) is 0 Å². The molecule has 122 valence electrons. The van der Waals surface area contributed by atoms with E-state index in [0.717, 1.165) is 17.9 Å². The van der Waals surface area contributed by atoms with Gasteiger partial charge in [0.25, 0.3) is 0 Å². The normalized spacial score (nSPS) is 30.1. The summed E-state index contributed by atoms with van der Waals surface area (Å²) in [5.41, 5.74) is 0. The summed E-state index contributed by atoms with van der Waals surface area (Å²) in [7, 11) is 0. The predicted octanol–water partition coefficient (Wildman–Crippen LogP) is 3.49. The Labute approximate surface area is 134 Å². The Morgan fingerprint density at radius 1 is 1.29 bits per heavy atom. The van der Waals surface area contributed by atoms with E-state index in [-0.39, 0.29) is 12.2 Å². The number of nitrogens with one attached hydrogen (secondary N) is 1. The maximum absolute atomic E-state index is 12.9. The van der Waals surface area contributed by atoms with Crippen LogP contribution in [-0.2, 0) is 4.79 Å². The number of hydrogen-bond acceptors (Lipinski definition) is 3. The third-order valence-electron chi connectivity index (χ3n) is 5.27. The molecular weight excluding hydrogens is 280 g/mol. The topological polar surface area (TPSA) is 32.3 Å². The van der Waals surface area contributed by atoms with Crippen molar-refractivity contribution in [3.05, 3.63) is 0 Å². The molecule has 4 atom stereocenters. The van der Waals surface area contributed by atoms with Crippen LogP contribution in [0.25, 0.3) is 0 Å². The molecule has 1 aliphatic carbocycles. The zero-order chi connectivity index (χ0) is 15.4. The minimum atomic E-state index is 0.0367. The predicted molar refractivity (Wildman–Crippen MR) is 91.4 cm³/mol. The number of amides is 1. The first-order valence-corrected chi connectivity index (χ1v) is 9.91. The summed E-state index contributed by atoms with van der Waals surface area (Å²) >= 11 is 1.94. The standard InChI is InChI=1S/C17H32N2OS/c1-5-12(3)15-17(20)19(13(4)11-21-6-2)16(18-15)14-9-7-8-10-14/h12-16,18H,5-11H2,1-4H3. The van der Waals surface area contributed by atoms with Gasteiger partial charge >= 0.3 is 0 Å². The lowest BCUT2D eigenvalue weighted by Gasteiger charge is -2.33. The highest BCUT2D eigenvalue weighted by Gasteiger charge is 2.46. The summed E-state index contributed by atoms with van der Waals surface area (Å²) in [4.78, 5) is 15.1. The number of hydrogen-bond donors (Lipinski definition) is 1. The molecule has 0 aromatic carbocycles. The maximum atomic E-state index is 12.9. The number of rotatable bonds is 7. The third kappa shape index (κ3) is 3.76. The van der Waals surface area contributed by atoms with E-state index in [1.54, 1.807) is 0 Å². The first-order valence-electron chi connectivity index (χ1n) is 8.76. The van der Waals surface area contributed by atoms with E-state index in [2.05, 4.69) is 37.9 Å². The van der Waals surface area contributed by atoms with Crippen LogP contribution < -0.4 is 5.32 Å². The Hall–Kier alpha value is -0.220. The van der Waals surface area contributed by atoms with Crippen molar-refractivity contribution in [3.63, 3.8) is 0 Å². The van der Waals surface area contributed by atoms with Gasteiger partial charge in [0.15, 0.2) is 0 Å². The maximum Gasteiger partial charge on any atom is 0.241 e. The summed E-state index contributed by atoms with van der Waals surface area (Å²) in [5.74, 6) is 3.63. The molecule has 1 N–H and O–H groups in total. The Kier molecular flexibility index (Phi) is 6.42. The Morgan fingerprint density at radius 2 is 1.95 bits per heavy atom. The average Bonchev–Trinajstić information content (AvgIpc) is 3.11. The zero-order valence-corrected chi connectivity index (χ0v) is 14.9. The van der Waals surface area contributed by atoms with Crippen LogP contribution in [0, 0.1) is 11.8 Å². The molecule has 0 aromatic heterocycles.